The molecule has 0 N–H and O–H groups in total. The number of nitrogens with zero attached hydrogens (tertiary/aromatic N) is 2. The van der Waals surface area contributed by atoms with Gasteiger partial charge in [-0.3, -0.25) is 0 Å². The van der Waals surface area contributed by atoms with Gasteiger partial charge >= 0.3 is 0 Å². The lowest BCUT2D eigenvalue weighted by Gasteiger charge is -2.04. The quantitative estimate of drug-likeness (QED) is 0.643. The average molecular weight is 198 g/mol. The molecule has 0 aliphatic rings. The lowest BCUT2D eigenvalue weighted by molar-refractivity contribution is 0.490. The van der Waals surface area contributed by atoms with Crippen molar-refractivity contribution >= 4 is 0 Å². The summed E-state index contributed by atoms with van der Waals surface area (Å²) in [4.78, 5) is 3.65. The van der Waals surface area contributed by atoms with Crippen LogP contribution in [0.3, 0.4) is 0 Å². The monoisotopic (exact) mass is 198 g/mol. The van der Waals surface area contributed by atoms with Crippen molar-refractivity contribution in [3.63, 3.8) is 0 Å². The highest BCUT2D eigenvalue weighted by Crippen LogP contribution is 2.17. The summed E-state index contributed by atoms with van der Waals surface area (Å²) in [6.45, 7) is 0. The summed E-state index contributed by atoms with van der Waals surface area (Å²) < 4.78 is 39.9. The van der Waals surface area contributed by atoms with Crippen LogP contribution in [0.5, 0.6) is 0 Å². The molecular weight excluding hydrogens is 193 g/mol. The van der Waals surface area contributed by atoms with Crippen LogP contribution in [0.15, 0.2) is 30.9 Å². The summed E-state index contributed by atoms with van der Waals surface area (Å²) in [7, 11) is 0. The lowest BCUT2D eigenvalue weighted by atomic mass is 10.3. The minimum atomic E-state index is -1.21. The van der Waals surface area contributed by atoms with Crippen LogP contribution in [0.4, 0.5) is 13.2 Å². The van der Waals surface area contributed by atoms with E-state index < -0.39 is 17.5 Å². The van der Waals surface area contributed by atoms with Gasteiger partial charge in [0.05, 0.1) is 12.0 Å². The molecular formula is C9H5F3N2. The van der Waals surface area contributed by atoms with E-state index >= 15 is 0 Å². The zero-order valence-electron chi connectivity index (χ0n) is 6.92. The standard InChI is InChI=1S/C9H5F3N2/c10-6-3-7(11)9(12)8(4-6)14-2-1-13-5-14/h1-5H. The summed E-state index contributed by atoms with van der Waals surface area (Å²) in [6, 6.07) is 1.40. The van der Waals surface area contributed by atoms with Gasteiger partial charge in [-0.1, -0.05) is 0 Å². The Bertz CT molecular complexity index is 451. The molecule has 0 atom stereocenters. The van der Waals surface area contributed by atoms with E-state index in [-0.39, 0.29) is 5.69 Å². The molecule has 0 aliphatic carbocycles. The van der Waals surface area contributed by atoms with Crippen LogP contribution in [0, 0.1) is 17.5 Å². The van der Waals surface area contributed by atoms with Crippen molar-refractivity contribution in [1.82, 2.24) is 9.55 Å². The van der Waals surface area contributed by atoms with Crippen molar-refractivity contribution < 1.29 is 13.2 Å². The number of rotatable bonds is 1. The summed E-state index contributed by atoms with van der Waals surface area (Å²) in [6.07, 6.45) is 4.05. The van der Waals surface area contributed by atoms with E-state index in [4.69, 9.17) is 0 Å². The molecule has 72 valence electrons. The van der Waals surface area contributed by atoms with Crippen molar-refractivity contribution in [3.05, 3.63) is 48.3 Å². The van der Waals surface area contributed by atoms with Gasteiger partial charge in [-0.15, -0.1) is 0 Å². The number of aromatic nitrogens is 2. The zero-order valence-corrected chi connectivity index (χ0v) is 6.92. The Kier molecular flexibility index (Phi) is 1.99. The van der Waals surface area contributed by atoms with Crippen LogP contribution in [-0.4, -0.2) is 9.55 Å². The molecule has 5 heteroatoms. The normalized spacial score (nSPS) is 10.5. The highest BCUT2D eigenvalue weighted by Gasteiger charge is 2.11. The van der Waals surface area contributed by atoms with E-state index in [1.165, 1.54) is 23.3 Å². The minimum Gasteiger partial charge on any atom is -0.303 e. The van der Waals surface area contributed by atoms with Crippen molar-refractivity contribution in [1.29, 1.82) is 0 Å². The third kappa shape index (κ3) is 1.37. The summed E-state index contributed by atoms with van der Waals surface area (Å²) >= 11 is 0. The topological polar surface area (TPSA) is 17.8 Å². The van der Waals surface area contributed by atoms with E-state index in [2.05, 4.69) is 4.98 Å². The molecule has 2 aromatic rings. The molecule has 14 heavy (non-hydrogen) atoms. The molecule has 0 amide bonds. The molecule has 2 rings (SSSR count). The van der Waals surface area contributed by atoms with Crippen LogP contribution in [-0.2, 0) is 0 Å². The van der Waals surface area contributed by atoms with E-state index in [0.717, 1.165) is 6.07 Å². The van der Waals surface area contributed by atoms with Crippen LogP contribution < -0.4 is 0 Å². The summed E-state index contributed by atoms with van der Waals surface area (Å²) in [5.74, 6) is -3.13. The number of hydrogen-bond acceptors (Lipinski definition) is 1. The number of halogens is 3. The molecule has 2 nitrogen and oxygen atoms in total. The number of imidazole rings is 1. The largest absolute Gasteiger partial charge is 0.303 e. The fraction of sp³-hybridized carbons (Fsp3) is 0. The van der Waals surface area contributed by atoms with Gasteiger partial charge in [0.15, 0.2) is 11.6 Å². The molecule has 1 aromatic heterocycles. The molecule has 0 fully saturated rings. The van der Waals surface area contributed by atoms with Gasteiger partial charge in [-0.25, -0.2) is 18.2 Å². The van der Waals surface area contributed by atoms with Gasteiger partial charge in [0.25, 0.3) is 0 Å². The first-order valence-corrected chi connectivity index (χ1v) is 3.81. The Morgan fingerprint density at radius 2 is 1.93 bits per heavy atom. The van der Waals surface area contributed by atoms with Gasteiger partial charge in [0, 0.05) is 24.5 Å². The van der Waals surface area contributed by atoms with Crippen LogP contribution in [0.25, 0.3) is 5.69 Å². The third-order valence-electron chi connectivity index (χ3n) is 1.76. The molecule has 0 saturated carbocycles. The number of hydrogen-bond donors (Lipinski definition) is 0. The van der Waals surface area contributed by atoms with E-state index in [1.807, 2.05) is 0 Å². The smallest absolute Gasteiger partial charge is 0.182 e. The SMILES string of the molecule is Fc1cc(F)c(F)c(-n2ccnc2)c1. The van der Waals surface area contributed by atoms with Crippen molar-refractivity contribution in [2.45, 2.75) is 0 Å². The molecule has 1 aromatic carbocycles. The lowest BCUT2D eigenvalue weighted by Crippen LogP contribution is -1.99. The maximum Gasteiger partial charge on any atom is 0.182 e. The van der Waals surface area contributed by atoms with Gasteiger partial charge in [0.1, 0.15) is 5.82 Å². The van der Waals surface area contributed by atoms with Crippen LogP contribution in [0.1, 0.15) is 0 Å². The molecule has 0 spiro atoms. The molecule has 0 unspecified atom stereocenters. The third-order valence-corrected chi connectivity index (χ3v) is 1.76. The predicted octanol–water partition coefficient (Wildman–Crippen LogP) is 2.29. The van der Waals surface area contributed by atoms with Crippen molar-refractivity contribution in [2.75, 3.05) is 0 Å². The van der Waals surface area contributed by atoms with E-state index in [9.17, 15) is 13.2 Å². The fourth-order valence-corrected chi connectivity index (χ4v) is 1.13. The van der Waals surface area contributed by atoms with Gasteiger partial charge < -0.3 is 4.57 Å². The highest BCUT2D eigenvalue weighted by molar-refractivity contribution is 5.34. The molecule has 0 bridgehead atoms. The maximum atomic E-state index is 13.2. The minimum absolute atomic E-state index is 0.194. The highest BCUT2D eigenvalue weighted by atomic mass is 19.2. The van der Waals surface area contributed by atoms with E-state index in [0.29, 0.717) is 6.07 Å². The van der Waals surface area contributed by atoms with Crippen molar-refractivity contribution in [3.8, 4) is 5.69 Å². The molecule has 0 radical (unpaired) electrons. The second kappa shape index (κ2) is 3.17. The Labute approximate surface area is 77.6 Å². The average Bonchev–Trinajstić information content (AvgIpc) is 2.63. The Morgan fingerprint density at radius 3 is 2.57 bits per heavy atom. The summed E-state index contributed by atoms with van der Waals surface area (Å²) in [5, 5.41) is 0. The fourth-order valence-electron chi connectivity index (χ4n) is 1.13. The number of benzene rings is 1. The van der Waals surface area contributed by atoms with E-state index in [1.54, 1.807) is 0 Å². The second-order valence-electron chi connectivity index (χ2n) is 2.69. The Hall–Kier alpha value is -1.78. The maximum absolute atomic E-state index is 13.2. The van der Waals surface area contributed by atoms with Crippen LogP contribution >= 0.6 is 0 Å². The Balaban J connectivity index is 2.64. The predicted molar refractivity (Wildman–Crippen MR) is 43.4 cm³/mol. The molecule has 0 saturated heterocycles. The zero-order chi connectivity index (χ0) is 10.1. The first kappa shape index (κ1) is 8.80. The molecule has 0 aliphatic heterocycles. The first-order chi connectivity index (χ1) is 6.68. The summed E-state index contributed by atoms with van der Waals surface area (Å²) in [5.41, 5.74) is -0.194. The second-order valence-corrected chi connectivity index (χ2v) is 2.69. The van der Waals surface area contributed by atoms with Gasteiger partial charge in [0.2, 0.25) is 0 Å². The molecule has 1 heterocycles. The Morgan fingerprint density at radius 1 is 1.14 bits per heavy atom. The van der Waals surface area contributed by atoms with Crippen molar-refractivity contribution in [2.24, 2.45) is 0 Å². The first-order valence-electron chi connectivity index (χ1n) is 3.81. The van der Waals surface area contributed by atoms with Gasteiger partial charge in [-0.05, 0) is 0 Å². The van der Waals surface area contributed by atoms with Crippen LogP contribution in [0.2, 0.25) is 0 Å². The van der Waals surface area contributed by atoms with Gasteiger partial charge in [-0.2, -0.15) is 0 Å².